The topological polar surface area (TPSA) is 75.4 Å². The van der Waals surface area contributed by atoms with Crippen LogP contribution >= 0.6 is 0 Å². The monoisotopic (exact) mass is 353 g/mol. The molecule has 1 amide bonds. The first-order chi connectivity index (χ1) is 12.7. The van der Waals surface area contributed by atoms with Crippen molar-refractivity contribution in [2.45, 2.75) is 6.42 Å². The number of para-hydroxylation sites is 1. The Hall–Kier alpha value is -3.15. The highest BCUT2D eigenvalue weighted by atomic mass is 16.5. The third-order valence-corrected chi connectivity index (χ3v) is 4.24. The summed E-state index contributed by atoms with van der Waals surface area (Å²) in [5.41, 5.74) is 3.06. The molecule has 2 aromatic carbocycles. The molecule has 1 aromatic heterocycles. The summed E-state index contributed by atoms with van der Waals surface area (Å²) < 4.78 is 10.5. The van der Waals surface area contributed by atoms with Crippen molar-refractivity contribution in [3.63, 3.8) is 0 Å². The zero-order valence-electron chi connectivity index (χ0n) is 15.0. The van der Waals surface area contributed by atoms with Gasteiger partial charge in [-0.2, -0.15) is 0 Å². The number of H-pyrrole nitrogens is 1. The summed E-state index contributed by atoms with van der Waals surface area (Å²) in [7, 11) is 3.18. The van der Waals surface area contributed by atoms with Crippen LogP contribution in [0.1, 0.15) is 5.56 Å². The number of aromatic nitrogens is 1. The van der Waals surface area contributed by atoms with Gasteiger partial charge in [-0.3, -0.25) is 4.79 Å². The quantitative estimate of drug-likeness (QED) is 0.582. The van der Waals surface area contributed by atoms with E-state index in [-0.39, 0.29) is 12.5 Å². The number of methoxy groups -OCH3 is 2. The van der Waals surface area contributed by atoms with E-state index >= 15 is 0 Å². The van der Waals surface area contributed by atoms with Gasteiger partial charge in [0.25, 0.3) is 0 Å². The lowest BCUT2D eigenvalue weighted by Gasteiger charge is -2.12. The molecular weight excluding hydrogens is 330 g/mol. The standard InChI is InChI=1S/C20H23N3O3/c1-25-15-7-8-18(19(11-15)26-2)23-13-20(24)21-10-9-14-12-22-17-6-4-3-5-16(14)17/h3-8,11-12,22-23H,9-10,13H2,1-2H3,(H,21,24). The van der Waals surface area contributed by atoms with Crippen molar-refractivity contribution in [1.29, 1.82) is 0 Å². The molecule has 3 N–H and O–H groups in total. The molecule has 0 bridgehead atoms. The number of nitrogens with one attached hydrogen (secondary N) is 3. The minimum Gasteiger partial charge on any atom is -0.497 e. The van der Waals surface area contributed by atoms with Crippen LogP contribution in [-0.4, -0.2) is 38.2 Å². The van der Waals surface area contributed by atoms with Crippen LogP contribution in [0.5, 0.6) is 11.5 Å². The van der Waals surface area contributed by atoms with Crippen molar-refractivity contribution in [2.24, 2.45) is 0 Å². The Morgan fingerprint density at radius 2 is 1.96 bits per heavy atom. The second-order valence-electron chi connectivity index (χ2n) is 5.88. The first-order valence-electron chi connectivity index (χ1n) is 8.49. The molecule has 0 aliphatic rings. The fourth-order valence-electron chi connectivity index (χ4n) is 2.86. The van der Waals surface area contributed by atoms with Crippen molar-refractivity contribution in [2.75, 3.05) is 32.6 Å². The second-order valence-corrected chi connectivity index (χ2v) is 5.88. The van der Waals surface area contributed by atoms with Crippen LogP contribution in [0.25, 0.3) is 10.9 Å². The number of amides is 1. The first-order valence-corrected chi connectivity index (χ1v) is 8.49. The zero-order valence-corrected chi connectivity index (χ0v) is 15.0. The zero-order chi connectivity index (χ0) is 18.4. The van der Waals surface area contributed by atoms with E-state index in [1.165, 1.54) is 10.9 Å². The first kappa shape index (κ1) is 17.7. The highest BCUT2D eigenvalue weighted by Crippen LogP contribution is 2.28. The lowest BCUT2D eigenvalue weighted by molar-refractivity contribution is -0.119. The summed E-state index contributed by atoms with van der Waals surface area (Å²) in [6, 6.07) is 13.6. The molecule has 0 saturated carbocycles. The van der Waals surface area contributed by atoms with Crippen molar-refractivity contribution < 1.29 is 14.3 Å². The van der Waals surface area contributed by atoms with Crippen LogP contribution in [0.15, 0.2) is 48.7 Å². The number of hydrogen-bond donors (Lipinski definition) is 3. The molecule has 0 aliphatic heterocycles. The number of ether oxygens (including phenoxy) is 2. The van der Waals surface area contributed by atoms with Crippen LogP contribution in [0.3, 0.4) is 0 Å². The highest BCUT2D eigenvalue weighted by molar-refractivity contribution is 5.83. The van der Waals surface area contributed by atoms with Gasteiger partial charge in [0.05, 0.1) is 26.5 Å². The van der Waals surface area contributed by atoms with Crippen LogP contribution in [0.2, 0.25) is 0 Å². The summed E-state index contributed by atoms with van der Waals surface area (Å²) in [5, 5.41) is 7.22. The van der Waals surface area contributed by atoms with Crippen LogP contribution in [-0.2, 0) is 11.2 Å². The van der Waals surface area contributed by atoms with Crippen LogP contribution in [0, 0.1) is 0 Å². The molecule has 0 radical (unpaired) electrons. The van der Waals surface area contributed by atoms with Crippen molar-refractivity contribution in [3.8, 4) is 11.5 Å². The normalized spacial score (nSPS) is 10.5. The fraction of sp³-hybridized carbons (Fsp3) is 0.250. The summed E-state index contributed by atoms with van der Waals surface area (Å²) in [6.45, 7) is 0.763. The number of hydrogen-bond acceptors (Lipinski definition) is 4. The summed E-state index contributed by atoms with van der Waals surface area (Å²) in [6.07, 6.45) is 2.78. The van der Waals surface area contributed by atoms with Gasteiger partial charge in [-0.15, -0.1) is 0 Å². The maximum absolute atomic E-state index is 12.1. The van der Waals surface area contributed by atoms with Crippen molar-refractivity contribution >= 4 is 22.5 Å². The third kappa shape index (κ3) is 4.08. The molecular formula is C20H23N3O3. The molecule has 0 aliphatic carbocycles. The molecule has 3 aromatic rings. The SMILES string of the molecule is COc1ccc(NCC(=O)NCCc2c[nH]c3ccccc23)c(OC)c1. The maximum Gasteiger partial charge on any atom is 0.239 e. The van der Waals surface area contributed by atoms with Gasteiger partial charge in [-0.05, 0) is 30.2 Å². The van der Waals surface area contributed by atoms with E-state index in [2.05, 4.69) is 21.7 Å². The number of fused-ring (bicyclic) bond motifs is 1. The van der Waals surface area contributed by atoms with Gasteiger partial charge in [-0.1, -0.05) is 18.2 Å². The molecule has 6 nitrogen and oxygen atoms in total. The number of rotatable bonds is 8. The number of carbonyl (C=O) groups excluding carboxylic acids is 1. The molecule has 3 rings (SSSR count). The predicted molar refractivity (Wildman–Crippen MR) is 103 cm³/mol. The molecule has 0 unspecified atom stereocenters. The average molecular weight is 353 g/mol. The molecule has 0 saturated heterocycles. The molecule has 0 spiro atoms. The summed E-state index contributed by atoms with van der Waals surface area (Å²) in [4.78, 5) is 15.3. The van der Waals surface area contributed by atoms with Gasteiger partial charge in [0.15, 0.2) is 0 Å². The van der Waals surface area contributed by atoms with E-state index < -0.39 is 0 Å². The minimum absolute atomic E-state index is 0.0669. The molecule has 26 heavy (non-hydrogen) atoms. The van der Waals surface area contributed by atoms with Gasteiger partial charge in [0.1, 0.15) is 11.5 Å². The third-order valence-electron chi connectivity index (χ3n) is 4.24. The Balaban J connectivity index is 1.49. The number of carbonyl (C=O) groups is 1. The smallest absolute Gasteiger partial charge is 0.239 e. The fourth-order valence-corrected chi connectivity index (χ4v) is 2.86. The Kier molecular flexibility index (Phi) is 5.63. The van der Waals surface area contributed by atoms with E-state index in [0.717, 1.165) is 17.6 Å². The van der Waals surface area contributed by atoms with Crippen molar-refractivity contribution in [1.82, 2.24) is 10.3 Å². The lowest BCUT2D eigenvalue weighted by atomic mass is 10.1. The van der Waals surface area contributed by atoms with Gasteiger partial charge < -0.3 is 25.1 Å². The van der Waals surface area contributed by atoms with E-state index in [9.17, 15) is 4.79 Å². The summed E-state index contributed by atoms with van der Waals surface area (Å²) in [5.74, 6) is 1.27. The molecule has 0 fully saturated rings. The maximum atomic E-state index is 12.1. The second kappa shape index (κ2) is 8.29. The Labute approximate surface area is 152 Å². The number of aromatic amines is 1. The molecule has 136 valence electrons. The summed E-state index contributed by atoms with van der Waals surface area (Å²) >= 11 is 0. The van der Waals surface area contributed by atoms with E-state index in [1.54, 1.807) is 20.3 Å². The molecule has 1 heterocycles. The Morgan fingerprint density at radius 3 is 2.77 bits per heavy atom. The van der Waals surface area contributed by atoms with Gasteiger partial charge in [0.2, 0.25) is 5.91 Å². The number of benzene rings is 2. The van der Waals surface area contributed by atoms with Crippen LogP contribution in [0.4, 0.5) is 5.69 Å². The van der Waals surface area contributed by atoms with Gasteiger partial charge in [-0.25, -0.2) is 0 Å². The Morgan fingerprint density at radius 1 is 1.12 bits per heavy atom. The lowest BCUT2D eigenvalue weighted by Crippen LogP contribution is -2.31. The largest absolute Gasteiger partial charge is 0.497 e. The average Bonchev–Trinajstić information content (AvgIpc) is 3.09. The van der Waals surface area contributed by atoms with Gasteiger partial charge in [0, 0.05) is 29.7 Å². The highest BCUT2D eigenvalue weighted by Gasteiger charge is 2.08. The van der Waals surface area contributed by atoms with E-state index in [0.29, 0.717) is 18.0 Å². The number of anilines is 1. The van der Waals surface area contributed by atoms with E-state index in [4.69, 9.17) is 9.47 Å². The van der Waals surface area contributed by atoms with Crippen LogP contribution < -0.4 is 20.1 Å². The minimum atomic E-state index is -0.0669. The van der Waals surface area contributed by atoms with Gasteiger partial charge >= 0.3 is 0 Å². The van der Waals surface area contributed by atoms with E-state index in [1.807, 2.05) is 36.5 Å². The Bertz CT molecular complexity index is 889. The predicted octanol–water partition coefficient (Wildman–Crippen LogP) is 2.96. The molecule has 6 heteroatoms. The molecule has 0 atom stereocenters. The van der Waals surface area contributed by atoms with Crippen molar-refractivity contribution in [3.05, 3.63) is 54.2 Å².